The molecule has 0 aliphatic carbocycles. The molecular weight excluding hydrogens is 184 g/mol. The van der Waals surface area contributed by atoms with E-state index in [1.165, 1.54) is 16.3 Å². The van der Waals surface area contributed by atoms with Crippen LogP contribution < -0.4 is 0 Å². The van der Waals surface area contributed by atoms with E-state index in [4.69, 9.17) is 0 Å². The number of hydrogen-bond donors (Lipinski definition) is 0. The summed E-state index contributed by atoms with van der Waals surface area (Å²) in [6, 6.07) is 12.5. The molecule has 2 aromatic carbocycles. The second-order valence-corrected chi connectivity index (χ2v) is 4.00. The molecule has 0 heterocycles. The maximum Gasteiger partial charge on any atom is 0.127 e. The van der Waals surface area contributed by atoms with Gasteiger partial charge in [-0.3, -0.25) is 0 Å². The van der Waals surface area contributed by atoms with Gasteiger partial charge in [0.05, 0.1) is 0 Å². The Morgan fingerprint density at radius 3 is 2.73 bits per heavy atom. The molecule has 0 saturated carbocycles. The van der Waals surface area contributed by atoms with E-state index in [2.05, 4.69) is 31.2 Å². The molecule has 0 spiro atoms. The highest BCUT2D eigenvalue weighted by Crippen LogP contribution is 2.25. The van der Waals surface area contributed by atoms with Gasteiger partial charge in [-0.2, -0.15) is 0 Å². The summed E-state index contributed by atoms with van der Waals surface area (Å²) < 4.78 is 0. The van der Waals surface area contributed by atoms with E-state index in [0.717, 1.165) is 11.8 Å². The fraction of sp³-hybridized carbons (Fsp3) is 0.214. The van der Waals surface area contributed by atoms with Crippen LogP contribution in [0.15, 0.2) is 36.4 Å². The van der Waals surface area contributed by atoms with E-state index in [-0.39, 0.29) is 5.92 Å². The van der Waals surface area contributed by atoms with Crippen LogP contribution in [0.5, 0.6) is 0 Å². The molecule has 0 N–H and O–H groups in total. The summed E-state index contributed by atoms with van der Waals surface area (Å²) in [6.07, 6.45) is 0.995. The van der Waals surface area contributed by atoms with Crippen molar-refractivity contribution in [3.05, 3.63) is 47.5 Å². The standard InChI is InChI=1S/C14H14O/c1-10-6-7-14-12(8-10)4-3-5-13(14)11(2)9-15/h3-9,11H,1-2H3. The molecule has 1 heteroatoms. The summed E-state index contributed by atoms with van der Waals surface area (Å²) >= 11 is 0. The maximum absolute atomic E-state index is 10.8. The quantitative estimate of drug-likeness (QED) is 0.675. The number of fused-ring (bicyclic) bond motifs is 1. The third kappa shape index (κ3) is 1.78. The lowest BCUT2D eigenvalue weighted by Crippen LogP contribution is -1.95. The summed E-state index contributed by atoms with van der Waals surface area (Å²) in [6.45, 7) is 4.01. The van der Waals surface area contributed by atoms with E-state index in [0.29, 0.717) is 0 Å². The van der Waals surface area contributed by atoms with Gasteiger partial charge in [0.25, 0.3) is 0 Å². The van der Waals surface area contributed by atoms with Crippen molar-refractivity contribution in [3.63, 3.8) is 0 Å². The molecule has 1 unspecified atom stereocenters. The maximum atomic E-state index is 10.8. The van der Waals surface area contributed by atoms with Crippen LogP contribution >= 0.6 is 0 Å². The molecule has 0 aliphatic heterocycles. The Hall–Kier alpha value is -1.63. The lowest BCUT2D eigenvalue weighted by molar-refractivity contribution is -0.108. The van der Waals surface area contributed by atoms with Crippen molar-refractivity contribution >= 4 is 17.1 Å². The van der Waals surface area contributed by atoms with Gasteiger partial charge in [-0.25, -0.2) is 0 Å². The molecule has 2 rings (SSSR count). The van der Waals surface area contributed by atoms with E-state index in [9.17, 15) is 4.79 Å². The molecule has 0 radical (unpaired) electrons. The lowest BCUT2D eigenvalue weighted by Gasteiger charge is -2.09. The van der Waals surface area contributed by atoms with Crippen molar-refractivity contribution in [3.8, 4) is 0 Å². The molecule has 0 aliphatic rings. The first kappa shape index (κ1) is 9.91. The van der Waals surface area contributed by atoms with Gasteiger partial charge in [-0.1, -0.05) is 48.9 Å². The SMILES string of the molecule is Cc1ccc2c(C(C)C=O)cccc2c1. The molecule has 2 aromatic rings. The van der Waals surface area contributed by atoms with Gasteiger partial charge in [0.1, 0.15) is 6.29 Å². The molecule has 0 saturated heterocycles. The summed E-state index contributed by atoms with van der Waals surface area (Å²) in [5.74, 6) is -0.0311. The van der Waals surface area contributed by atoms with Crippen molar-refractivity contribution in [1.29, 1.82) is 0 Å². The smallest absolute Gasteiger partial charge is 0.127 e. The number of rotatable bonds is 2. The van der Waals surface area contributed by atoms with Gasteiger partial charge in [0.2, 0.25) is 0 Å². The zero-order valence-electron chi connectivity index (χ0n) is 9.03. The average molecular weight is 198 g/mol. The molecular formula is C14H14O. The fourth-order valence-corrected chi connectivity index (χ4v) is 1.90. The van der Waals surface area contributed by atoms with Crippen LogP contribution in [0.2, 0.25) is 0 Å². The van der Waals surface area contributed by atoms with Gasteiger partial charge in [0, 0.05) is 5.92 Å². The number of hydrogen-bond acceptors (Lipinski definition) is 1. The van der Waals surface area contributed by atoms with Crippen LogP contribution in [0, 0.1) is 6.92 Å². The summed E-state index contributed by atoms with van der Waals surface area (Å²) in [5, 5.41) is 2.39. The van der Waals surface area contributed by atoms with Crippen molar-refractivity contribution < 1.29 is 4.79 Å². The topological polar surface area (TPSA) is 17.1 Å². The number of carbonyl (C=O) groups is 1. The van der Waals surface area contributed by atoms with Crippen LogP contribution in [0.25, 0.3) is 10.8 Å². The van der Waals surface area contributed by atoms with Crippen molar-refractivity contribution in [2.45, 2.75) is 19.8 Å². The Kier molecular flexibility index (Phi) is 2.55. The second-order valence-electron chi connectivity index (χ2n) is 4.00. The number of aldehydes is 1. The van der Waals surface area contributed by atoms with E-state index in [1.807, 2.05) is 19.1 Å². The fourth-order valence-electron chi connectivity index (χ4n) is 1.90. The van der Waals surface area contributed by atoms with Crippen LogP contribution in [-0.2, 0) is 4.79 Å². The van der Waals surface area contributed by atoms with Gasteiger partial charge in [-0.15, -0.1) is 0 Å². The number of benzene rings is 2. The number of carbonyl (C=O) groups excluding carboxylic acids is 1. The van der Waals surface area contributed by atoms with E-state index >= 15 is 0 Å². The summed E-state index contributed by atoms with van der Waals surface area (Å²) in [7, 11) is 0. The first-order valence-corrected chi connectivity index (χ1v) is 5.17. The third-order valence-corrected chi connectivity index (χ3v) is 2.76. The van der Waals surface area contributed by atoms with Gasteiger partial charge in [0.15, 0.2) is 0 Å². The highest BCUT2D eigenvalue weighted by molar-refractivity contribution is 5.88. The number of aryl methyl sites for hydroxylation is 1. The minimum Gasteiger partial charge on any atom is -0.303 e. The summed E-state index contributed by atoms with van der Waals surface area (Å²) in [4.78, 5) is 10.8. The Balaban J connectivity index is 2.71. The molecule has 0 fully saturated rings. The minimum absolute atomic E-state index is 0.0311. The third-order valence-electron chi connectivity index (χ3n) is 2.76. The van der Waals surface area contributed by atoms with Gasteiger partial charge in [-0.05, 0) is 23.3 Å². The van der Waals surface area contributed by atoms with Crippen molar-refractivity contribution in [2.75, 3.05) is 0 Å². The van der Waals surface area contributed by atoms with Gasteiger partial charge >= 0.3 is 0 Å². The van der Waals surface area contributed by atoms with Crippen molar-refractivity contribution in [2.24, 2.45) is 0 Å². The van der Waals surface area contributed by atoms with Crippen molar-refractivity contribution in [1.82, 2.24) is 0 Å². The second kappa shape index (κ2) is 3.85. The molecule has 0 aromatic heterocycles. The highest BCUT2D eigenvalue weighted by atomic mass is 16.1. The molecule has 0 amide bonds. The Morgan fingerprint density at radius 2 is 2.00 bits per heavy atom. The Labute approximate surface area is 89.7 Å². The zero-order valence-corrected chi connectivity index (χ0v) is 9.03. The molecule has 0 bridgehead atoms. The minimum atomic E-state index is -0.0311. The van der Waals surface area contributed by atoms with E-state index in [1.54, 1.807) is 0 Å². The van der Waals surface area contributed by atoms with E-state index < -0.39 is 0 Å². The Bertz CT molecular complexity index is 500. The lowest BCUT2D eigenvalue weighted by atomic mass is 9.95. The first-order valence-electron chi connectivity index (χ1n) is 5.17. The van der Waals surface area contributed by atoms with Crippen LogP contribution in [-0.4, -0.2) is 6.29 Å². The normalized spacial score (nSPS) is 12.7. The monoisotopic (exact) mass is 198 g/mol. The molecule has 1 nitrogen and oxygen atoms in total. The zero-order chi connectivity index (χ0) is 10.8. The predicted molar refractivity (Wildman–Crippen MR) is 63.2 cm³/mol. The van der Waals surface area contributed by atoms with Crippen LogP contribution in [0.1, 0.15) is 24.0 Å². The molecule has 15 heavy (non-hydrogen) atoms. The first-order chi connectivity index (χ1) is 7.22. The predicted octanol–water partition coefficient (Wildman–Crippen LogP) is 3.45. The largest absolute Gasteiger partial charge is 0.303 e. The van der Waals surface area contributed by atoms with Crippen LogP contribution in [0.3, 0.4) is 0 Å². The Morgan fingerprint density at radius 1 is 1.20 bits per heavy atom. The molecule has 76 valence electrons. The summed E-state index contributed by atoms with van der Waals surface area (Å²) in [5.41, 5.74) is 2.36. The average Bonchev–Trinajstić information content (AvgIpc) is 2.26. The van der Waals surface area contributed by atoms with Crippen LogP contribution in [0.4, 0.5) is 0 Å². The highest BCUT2D eigenvalue weighted by Gasteiger charge is 2.07. The molecule has 1 atom stereocenters. The van der Waals surface area contributed by atoms with Gasteiger partial charge < -0.3 is 4.79 Å².